The van der Waals surface area contributed by atoms with E-state index in [4.69, 9.17) is 14.5 Å². The largest absolute Gasteiger partial charge is 0.497 e. The van der Waals surface area contributed by atoms with E-state index in [1.807, 2.05) is 24.3 Å². The molecule has 0 bridgehead atoms. The van der Waals surface area contributed by atoms with Crippen LogP contribution in [0, 0.1) is 5.92 Å². The lowest BCUT2D eigenvalue weighted by Crippen LogP contribution is -2.54. The lowest BCUT2D eigenvalue weighted by atomic mass is 9.92. The molecule has 1 saturated heterocycles. The SMILES string of the molecule is CCC(CC)C(CNC(=NCc1ccc(OC)cc1)NCC(=O)N(C)C)N1CCOCC1.I. The number of halogens is 1. The molecule has 1 heterocycles. The van der Waals surface area contributed by atoms with Crippen LogP contribution >= 0.6 is 24.0 Å². The van der Waals surface area contributed by atoms with Gasteiger partial charge in [0.1, 0.15) is 5.75 Å². The standard InChI is InChI=1S/C24H41N5O3.HI/c1-6-20(7-2)22(29-12-14-32-15-13-29)17-26-24(27-18-23(30)28(3)4)25-16-19-8-10-21(31-5)11-9-19;/h8-11,20,22H,6-7,12-18H2,1-5H3,(H2,25,26,27);1H. The summed E-state index contributed by atoms with van der Waals surface area (Å²) in [7, 11) is 5.17. The van der Waals surface area contributed by atoms with E-state index in [9.17, 15) is 4.79 Å². The summed E-state index contributed by atoms with van der Waals surface area (Å²) in [6.45, 7) is 9.48. The molecule has 0 radical (unpaired) electrons. The van der Waals surface area contributed by atoms with Gasteiger partial charge in [-0.05, 0) is 23.6 Å². The van der Waals surface area contributed by atoms with Gasteiger partial charge < -0.3 is 25.0 Å². The smallest absolute Gasteiger partial charge is 0.241 e. The minimum absolute atomic E-state index is 0. The van der Waals surface area contributed by atoms with Gasteiger partial charge in [-0.15, -0.1) is 24.0 Å². The Hall–Kier alpha value is -1.59. The summed E-state index contributed by atoms with van der Waals surface area (Å²) in [5.74, 6) is 2.07. The third-order valence-electron chi connectivity index (χ3n) is 6.07. The maximum absolute atomic E-state index is 12.1. The average molecular weight is 576 g/mol. The van der Waals surface area contributed by atoms with Crippen LogP contribution in [0.25, 0.3) is 0 Å². The molecule has 33 heavy (non-hydrogen) atoms. The van der Waals surface area contributed by atoms with E-state index in [1.54, 1.807) is 26.1 Å². The van der Waals surface area contributed by atoms with E-state index < -0.39 is 0 Å². The molecular weight excluding hydrogens is 533 g/mol. The van der Waals surface area contributed by atoms with Crippen molar-refractivity contribution in [1.82, 2.24) is 20.4 Å². The Morgan fingerprint density at radius 1 is 1.15 bits per heavy atom. The summed E-state index contributed by atoms with van der Waals surface area (Å²) in [6.07, 6.45) is 2.26. The van der Waals surface area contributed by atoms with E-state index in [0.29, 0.717) is 24.5 Å². The van der Waals surface area contributed by atoms with Crippen LogP contribution in [0.15, 0.2) is 29.3 Å². The zero-order valence-electron chi connectivity index (χ0n) is 20.8. The first-order valence-electron chi connectivity index (χ1n) is 11.7. The van der Waals surface area contributed by atoms with Gasteiger partial charge in [-0.25, -0.2) is 4.99 Å². The quantitative estimate of drug-likeness (QED) is 0.240. The molecule has 9 heteroatoms. The molecular formula is C24H42IN5O3. The van der Waals surface area contributed by atoms with Gasteiger partial charge in [-0.2, -0.15) is 0 Å². The summed E-state index contributed by atoms with van der Waals surface area (Å²) in [5, 5.41) is 6.72. The number of benzene rings is 1. The Labute approximate surface area is 216 Å². The van der Waals surface area contributed by atoms with Gasteiger partial charge in [-0.1, -0.05) is 38.8 Å². The monoisotopic (exact) mass is 575 g/mol. The fourth-order valence-corrected chi connectivity index (χ4v) is 3.93. The Morgan fingerprint density at radius 2 is 1.79 bits per heavy atom. The highest BCUT2D eigenvalue weighted by Gasteiger charge is 2.27. The number of amides is 1. The van der Waals surface area contributed by atoms with Crippen LogP contribution in [-0.4, -0.2) is 88.3 Å². The third-order valence-corrected chi connectivity index (χ3v) is 6.07. The number of likely N-dealkylation sites (N-methyl/N-ethyl adjacent to an activating group) is 1. The predicted octanol–water partition coefficient (Wildman–Crippen LogP) is 2.57. The molecule has 0 saturated carbocycles. The average Bonchev–Trinajstić information content (AvgIpc) is 2.83. The Morgan fingerprint density at radius 3 is 2.33 bits per heavy atom. The Balaban J connectivity index is 0.00000544. The van der Waals surface area contributed by atoms with Gasteiger partial charge in [-0.3, -0.25) is 9.69 Å². The van der Waals surface area contributed by atoms with Gasteiger partial charge in [0.2, 0.25) is 5.91 Å². The molecule has 1 unspecified atom stereocenters. The number of ether oxygens (including phenoxy) is 2. The third kappa shape index (κ3) is 10.1. The van der Waals surface area contributed by atoms with Gasteiger partial charge in [0.15, 0.2) is 5.96 Å². The lowest BCUT2D eigenvalue weighted by molar-refractivity contribution is -0.127. The number of nitrogens with one attached hydrogen (secondary N) is 2. The van der Waals surface area contributed by atoms with E-state index in [2.05, 4.69) is 29.4 Å². The van der Waals surface area contributed by atoms with Gasteiger partial charge in [0.25, 0.3) is 0 Å². The molecule has 1 fully saturated rings. The van der Waals surface area contributed by atoms with Crippen molar-refractivity contribution in [3.8, 4) is 5.75 Å². The number of hydrogen-bond acceptors (Lipinski definition) is 5. The summed E-state index contributed by atoms with van der Waals surface area (Å²) in [4.78, 5) is 21.0. The molecule has 1 amide bonds. The zero-order valence-corrected chi connectivity index (χ0v) is 23.1. The highest BCUT2D eigenvalue weighted by molar-refractivity contribution is 14.0. The molecule has 1 aromatic rings. The first kappa shape index (κ1) is 29.4. The second-order valence-electron chi connectivity index (χ2n) is 8.33. The number of methoxy groups -OCH3 is 1. The number of rotatable bonds is 11. The number of carbonyl (C=O) groups is 1. The predicted molar refractivity (Wildman–Crippen MR) is 144 cm³/mol. The fourth-order valence-electron chi connectivity index (χ4n) is 3.93. The molecule has 1 aliphatic rings. The second-order valence-corrected chi connectivity index (χ2v) is 8.33. The second kappa shape index (κ2) is 16.1. The maximum atomic E-state index is 12.1. The Bertz CT molecular complexity index is 705. The van der Waals surface area contributed by atoms with Crippen molar-refractivity contribution in [1.29, 1.82) is 0 Å². The van der Waals surface area contributed by atoms with Crippen LogP contribution in [0.3, 0.4) is 0 Å². The maximum Gasteiger partial charge on any atom is 0.241 e. The van der Waals surface area contributed by atoms with Gasteiger partial charge in [0.05, 0.1) is 33.4 Å². The summed E-state index contributed by atoms with van der Waals surface area (Å²) < 4.78 is 10.8. The number of carbonyl (C=O) groups excluding carboxylic acids is 1. The topological polar surface area (TPSA) is 78.4 Å². The van der Waals surface area contributed by atoms with Crippen molar-refractivity contribution in [2.24, 2.45) is 10.9 Å². The van der Waals surface area contributed by atoms with Gasteiger partial charge in [0, 0.05) is 39.8 Å². The van der Waals surface area contributed by atoms with Crippen molar-refractivity contribution < 1.29 is 14.3 Å². The van der Waals surface area contributed by atoms with Crippen LogP contribution < -0.4 is 15.4 Å². The highest BCUT2D eigenvalue weighted by Crippen LogP contribution is 2.19. The molecule has 8 nitrogen and oxygen atoms in total. The fraction of sp³-hybridized carbons (Fsp3) is 0.667. The van der Waals surface area contributed by atoms with Crippen molar-refractivity contribution in [3.63, 3.8) is 0 Å². The van der Waals surface area contributed by atoms with E-state index in [0.717, 1.165) is 57.0 Å². The molecule has 1 aromatic carbocycles. The number of nitrogens with zero attached hydrogens (tertiary/aromatic N) is 3. The molecule has 0 aliphatic carbocycles. The van der Waals surface area contributed by atoms with Crippen LogP contribution in [-0.2, 0) is 16.1 Å². The number of aliphatic imine (C=N–C) groups is 1. The first-order chi connectivity index (χ1) is 15.5. The zero-order chi connectivity index (χ0) is 23.3. The summed E-state index contributed by atoms with van der Waals surface area (Å²) >= 11 is 0. The highest BCUT2D eigenvalue weighted by atomic mass is 127. The van der Waals surface area contributed by atoms with Crippen LogP contribution in [0.4, 0.5) is 0 Å². The summed E-state index contributed by atoms with van der Waals surface area (Å²) in [5.41, 5.74) is 1.08. The number of guanidine groups is 1. The van der Waals surface area contributed by atoms with Crippen molar-refractivity contribution in [3.05, 3.63) is 29.8 Å². The van der Waals surface area contributed by atoms with E-state index >= 15 is 0 Å². The van der Waals surface area contributed by atoms with Crippen molar-refractivity contribution >= 4 is 35.8 Å². The normalized spacial score (nSPS) is 15.5. The molecule has 1 atom stereocenters. The minimum Gasteiger partial charge on any atom is -0.497 e. The minimum atomic E-state index is 0. The number of morpholine rings is 1. The van der Waals surface area contributed by atoms with E-state index in [-0.39, 0.29) is 36.4 Å². The van der Waals surface area contributed by atoms with E-state index in [1.165, 1.54) is 0 Å². The van der Waals surface area contributed by atoms with Crippen molar-refractivity contribution in [2.45, 2.75) is 39.3 Å². The number of hydrogen-bond donors (Lipinski definition) is 2. The van der Waals surface area contributed by atoms with Crippen LogP contribution in [0.1, 0.15) is 32.3 Å². The van der Waals surface area contributed by atoms with Crippen LogP contribution in [0.5, 0.6) is 5.75 Å². The van der Waals surface area contributed by atoms with Crippen LogP contribution in [0.2, 0.25) is 0 Å². The molecule has 2 N–H and O–H groups in total. The molecule has 0 spiro atoms. The van der Waals surface area contributed by atoms with Crippen molar-refractivity contribution in [2.75, 3.05) is 60.6 Å². The Kier molecular flexibility index (Phi) is 14.4. The molecule has 2 rings (SSSR count). The molecule has 0 aromatic heterocycles. The molecule has 188 valence electrons. The van der Waals surface area contributed by atoms with Gasteiger partial charge >= 0.3 is 0 Å². The molecule has 1 aliphatic heterocycles. The summed E-state index contributed by atoms with van der Waals surface area (Å²) in [6, 6.07) is 8.27. The lowest BCUT2D eigenvalue weighted by Gasteiger charge is -2.39. The first-order valence-corrected chi connectivity index (χ1v) is 11.7.